The van der Waals surface area contributed by atoms with Crippen molar-refractivity contribution in [2.24, 2.45) is 0 Å². The standard InChI is InChI=1S/C19H22O3/c1-2-3-4-5-14-22-18-12-10-16(11-13-18)15-6-8-17(9-7-15)19(20)21/h6-13H,2-5,14H2,1H3,(H,20,21)/p-1. The highest BCUT2D eigenvalue weighted by Crippen LogP contribution is 2.23. The normalized spacial score (nSPS) is 10.4. The first kappa shape index (κ1) is 16.1. The second-order valence-electron chi connectivity index (χ2n) is 5.30. The van der Waals surface area contributed by atoms with Gasteiger partial charge < -0.3 is 14.6 Å². The van der Waals surface area contributed by atoms with E-state index >= 15 is 0 Å². The number of hydrogen-bond acceptors (Lipinski definition) is 3. The third-order valence-corrected chi connectivity index (χ3v) is 3.57. The highest BCUT2D eigenvalue weighted by atomic mass is 16.5. The summed E-state index contributed by atoms with van der Waals surface area (Å²) in [6.45, 7) is 2.94. The minimum atomic E-state index is -1.15. The maximum atomic E-state index is 10.7. The lowest BCUT2D eigenvalue weighted by Gasteiger charge is -2.08. The summed E-state index contributed by atoms with van der Waals surface area (Å²) in [6.07, 6.45) is 4.77. The van der Waals surface area contributed by atoms with Gasteiger partial charge in [-0.25, -0.2) is 0 Å². The quantitative estimate of drug-likeness (QED) is 0.698. The summed E-state index contributed by atoms with van der Waals surface area (Å²) >= 11 is 0. The Morgan fingerprint density at radius 1 is 0.909 bits per heavy atom. The maximum absolute atomic E-state index is 10.7. The summed E-state index contributed by atoms with van der Waals surface area (Å²) in [5.41, 5.74) is 2.19. The zero-order valence-electron chi connectivity index (χ0n) is 12.9. The summed E-state index contributed by atoms with van der Waals surface area (Å²) in [5, 5.41) is 10.7. The molecule has 2 aromatic rings. The molecule has 0 aliphatic rings. The number of carboxylic acids is 1. The molecule has 22 heavy (non-hydrogen) atoms. The number of carbonyl (C=O) groups excluding carboxylic acids is 1. The van der Waals surface area contributed by atoms with E-state index < -0.39 is 5.97 Å². The highest BCUT2D eigenvalue weighted by Gasteiger charge is 2.00. The van der Waals surface area contributed by atoms with Crippen LogP contribution in [-0.4, -0.2) is 12.6 Å². The molecule has 0 aliphatic carbocycles. The molecule has 0 amide bonds. The van der Waals surface area contributed by atoms with E-state index in [0.29, 0.717) is 0 Å². The fraction of sp³-hybridized carbons (Fsp3) is 0.316. The van der Waals surface area contributed by atoms with Gasteiger partial charge in [0.25, 0.3) is 0 Å². The molecule has 0 unspecified atom stereocenters. The molecule has 116 valence electrons. The molecule has 2 rings (SSSR count). The molecule has 0 saturated heterocycles. The first-order chi connectivity index (χ1) is 10.7. The van der Waals surface area contributed by atoms with Crippen LogP contribution in [-0.2, 0) is 0 Å². The van der Waals surface area contributed by atoms with E-state index in [-0.39, 0.29) is 5.56 Å². The molecule has 0 aromatic heterocycles. The molecule has 3 heteroatoms. The summed E-state index contributed by atoms with van der Waals surface area (Å²) in [5.74, 6) is -0.287. The first-order valence-electron chi connectivity index (χ1n) is 7.75. The van der Waals surface area contributed by atoms with E-state index in [1.54, 1.807) is 24.3 Å². The number of rotatable bonds is 8. The van der Waals surface area contributed by atoms with Gasteiger partial charge in [0.15, 0.2) is 0 Å². The Balaban J connectivity index is 1.92. The minimum absolute atomic E-state index is 0.191. The van der Waals surface area contributed by atoms with Crippen molar-refractivity contribution in [2.45, 2.75) is 32.6 Å². The van der Waals surface area contributed by atoms with Crippen LogP contribution in [0.1, 0.15) is 43.0 Å². The van der Waals surface area contributed by atoms with Crippen molar-refractivity contribution >= 4 is 5.97 Å². The molecular weight excluding hydrogens is 276 g/mol. The van der Waals surface area contributed by atoms with Crippen molar-refractivity contribution in [3.63, 3.8) is 0 Å². The molecule has 0 heterocycles. The number of ether oxygens (including phenoxy) is 1. The van der Waals surface area contributed by atoms with Crippen LogP contribution < -0.4 is 9.84 Å². The van der Waals surface area contributed by atoms with Crippen LogP contribution in [0.25, 0.3) is 11.1 Å². The van der Waals surface area contributed by atoms with Crippen molar-refractivity contribution in [3.8, 4) is 16.9 Å². The van der Waals surface area contributed by atoms with Gasteiger partial charge in [0.2, 0.25) is 0 Å². The van der Waals surface area contributed by atoms with Crippen molar-refractivity contribution in [3.05, 3.63) is 54.1 Å². The number of benzene rings is 2. The highest BCUT2D eigenvalue weighted by molar-refractivity contribution is 5.86. The van der Waals surface area contributed by atoms with Gasteiger partial charge in [-0.3, -0.25) is 0 Å². The molecule has 0 aliphatic heterocycles. The predicted molar refractivity (Wildman–Crippen MR) is 85.8 cm³/mol. The third kappa shape index (κ3) is 4.62. The predicted octanol–water partition coefficient (Wildman–Crippen LogP) is 3.68. The van der Waals surface area contributed by atoms with Crippen LogP contribution in [0.2, 0.25) is 0 Å². The lowest BCUT2D eigenvalue weighted by atomic mass is 10.0. The van der Waals surface area contributed by atoms with E-state index in [4.69, 9.17) is 4.74 Å². The minimum Gasteiger partial charge on any atom is -0.545 e. The van der Waals surface area contributed by atoms with E-state index in [1.165, 1.54) is 19.3 Å². The fourth-order valence-corrected chi connectivity index (χ4v) is 2.26. The SMILES string of the molecule is CCCCCCOc1ccc(-c2ccc(C(=O)[O-])cc2)cc1. The third-order valence-electron chi connectivity index (χ3n) is 3.57. The van der Waals surface area contributed by atoms with Crippen LogP contribution in [0, 0.1) is 0 Å². The van der Waals surface area contributed by atoms with Gasteiger partial charge in [-0.1, -0.05) is 62.6 Å². The van der Waals surface area contributed by atoms with E-state index in [2.05, 4.69) is 6.92 Å². The molecule has 0 radical (unpaired) electrons. The molecule has 2 aromatic carbocycles. The number of hydrogen-bond donors (Lipinski definition) is 0. The number of carbonyl (C=O) groups is 1. The lowest BCUT2D eigenvalue weighted by molar-refractivity contribution is -0.255. The molecule has 0 fully saturated rings. The molecule has 0 bridgehead atoms. The maximum Gasteiger partial charge on any atom is 0.119 e. The van der Waals surface area contributed by atoms with Crippen LogP contribution in [0.5, 0.6) is 5.75 Å². The van der Waals surface area contributed by atoms with Gasteiger partial charge in [0.05, 0.1) is 12.6 Å². The van der Waals surface area contributed by atoms with Gasteiger partial charge in [-0.15, -0.1) is 0 Å². The Kier molecular flexibility index (Phi) is 6.01. The fourth-order valence-electron chi connectivity index (χ4n) is 2.26. The van der Waals surface area contributed by atoms with Gasteiger partial charge in [0, 0.05) is 0 Å². The Morgan fingerprint density at radius 2 is 1.50 bits per heavy atom. The number of unbranched alkanes of at least 4 members (excludes halogenated alkanes) is 3. The lowest BCUT2D eigenvalue weighted by Crippen LogP contribution is -2.21. The van der Waals surface area contributed by atoms with Crippen molar-refractivity contribution in [2.75, 3.05) is 6.61 Å². The van der Waals surface area contributed by atoms with E-state index in [1.807, 2.05) is 24.3 Å². The number of carboxylic acid groups (broad SMARTS) is 1. The van der Waals surface area contributed by atoms with Crippen molar-refractivity contribution in [1.82, 2.24) is 0 Å². The van der Waals surface area contributed by atoms with Gasteiger partial charge >= 0.3 is 0 Å². The zero-order chi connectivity index (χ0) is 15.8. The van der Waals surface area contributed by atoms with Crippen LogP contribution in [0.4, 0.5) is 0 Å². The molecule has 0 spiro atoms. The summed E-state index contributed by atoms with van der Waals surface area (Å²) in [4.78, 5) is 10.7. The summed E-state index contributed by atoms with van der Waals surface area (Å²) in [6, 6.07) is 14.5. The average Bonchev–Trinajstić information content (AvgIpc) is 2.55. The zero-order valence-corrected chi connectivity index (χ0v) is 12.9. The van der Waals surface area contributed by atoms with Gasteiger partial charge in [-0.2, -0.15) is 0 Å². The monoisotopic (exact) mass is 297 g/mol. The smallest absolute Gasteiger partial charge is 0.119 e. The molecule has 0 atom stereocenters. The summed E-state index contributed by atoms with van der Waals surface area (Å²) in [7, 11) is 0. The van der Waals surface area contributed by atoms with Crippen LogP contribution in [0.3, 0.4) is 0 Å². The van der Waals surface area contributed by atoms with E-state index in [9.17, 15) is 9.90 Å². The van der Waals surface area contributed by atoms with Gasteiger partial charge in [0.1, 0.15) is 5.75 Å². The molecule has 0 saturated carbocycles. The van der Waals surface area contributed by atoms with Crippen molar-refractivity contribution < 1.29 is 14.6 Å². The molecule has 0 N–H and O–H groups in total. The topological polar surface area (TPSA) is 49.4 Å². The average molecular weight is 297 g/mol. The Morgan fingerprint density at radius 3 is 2.05 bits per heavy atom. The second-order valence-corrected chi connectivity index (χ2v) is 5.30. The Labute approximate surface area is 131 Å². The van der Waals surface area contributed by atoms with E-state index in [0.717, 1.165) is 29.9 Å². The molecular formula is C19H21O3-. The molecule has 3 nitrogen and oxygen atoms in total. The Bertz CT molecular complexity index is 585. The first-order valence-corrected chi connectivity index (χ1v) is 7.75. The van der Waals surface area contributed by atoms with Crippen LogP contribution >= 0.6 is 0 Å². The second kappa shape index (κ2) is 8.23. The van der Waals surface area contributed by atoms with Crippen molar-refractivity contribution in [1.29, 1.82) is 0 Å². The largest absolute Gasteiger partial charge is 0.545 e. The van der Waals surface area contributed by atoms with Gasteiger partial charge in [-0.05, 0) is 35.2 Å². The number of aromatic carboxylic acids is 1. The Hall–Kier alpha value is -2.29. The van der Waals surface area contributed by atoms with Crippen LogP contribution in [0.15, 0.2) is 48.5 Å². The summed E-state index contributed by atoms with van der Waals surface area (Å²) < 4.78 is 5.71.